The molecule has 0 radical (unpaired) electrons. The highest BCUT2D eigenvalue weighted by atomic mass is 15.0. The van der Waals surface area contributed by atoms with Gasteiger partial charge in [-0.05, 0) is 44.7 Å². The third kappa shape index (κ3) is 1.40. The standard InChI is InChI=1S/C17H18N2/c1-11-12(2)18-14-8-5-6-10-19-15-9-4-3-7-13(15)16(11)17(14)19/h3-4,7,9H,5-6,8,10H2,1-2H3. The topological polar surface area (TPSA) is 17.8 Å². The van der Waals surface area contributed by atoms with Gasteiger partial charge in [-0.1, -0.05) is 18.2 Å². The third-order valence-electron chi connectivity index (χ3n) is 4.51. The second-order valence-corrected chi connectivity index (χ2v) is 5.62. The minimum Gasteiger partial charge on any atom is -0.339 e. The van der Waals surface area contributed by atoms with E-state index >= 15 is 0 Å². The maximum absolute atomic E-state index is 4.87. The molecule has 2 nitrogen and oxygen atoms in total. The Balaban J connectivity index is 2.32. The lowest BCUT2D eigenvalue weighted by atomic mass is 10.0. The van der Waals surface area contributed by atoms with Crippen LogP contribution in [-0.2, 0) is 13.0 Å². The third-order valence-corrected chi connectivity index (χ3v) is 4.51. The van der Waals surface area contributed by atoms with Crippen LogP contribution in [0.2, 0.25) is 0 Å². The monoisotopic (exact) mass is 250 g/mol. The Morgan fingerprint density at radius 1 is 1.11 bits per heavy atom. The average Bonchev–Trinajstić information content (AvgIpc) is 2.61. The summed E-state index contributed by atoms with van der Waals surface area (Å²) in [5.74, 6) is 0. The largest absolute Gasteiger partial charge is 0.339 e. The van der Waals surface area contributed by atoms with E-state index in [9.17, 15) is 0 Å². The van der Waals surface area contributed by atoms with E-state index in [1.54, 1.807) is 0 Å². The Kier molecular flexibility index (Phi) is 2.22. The normalized spacial score (nSPS) is 15.1. The van der Waals surface area contributed by atoms with Crippen molar-refractivity contribution in [1.82, 2.24) is 9.55 Å². The van der Waals surface area contributed by atoms with E-state index in [4.69, 9.17) is 4.98 Å². The predicted molar refractivity (Wildman–Crippen MR) is 79.7 cm³/mol. The minimum absolute atomic E-state index is 1.12. The van der Waals surface area contributed by atoms with Gasteiger partial charge in [-0.2, -0.15) is 0 Å². The van der Waals surface area contributed by atoms with Crippen LogP contribution in [0.5, 0.6) is 0 Å². The lowest BCUT2D eigenvalue weighted by molar-refractivity contribution is 0.655. The fourth-order valence-electron chi connectivity index (χ4n) is 3.47. The molecule has 0 atom stereocenters. The van der Waals surface area contributed by atoms with Crippen LogP contribution in [-0.4, -0.2) is 9.55 Å². The van der Waals surface area contributed by atoms with E-state index in [2.05, 4.69) is 42.7 Å². The van der Waals surface area contributed by atoms with Gasteiger partial charge < -0.3 is 4.57 Å². The molecule has 3 aromatic rings. The average molecular weight is 250 g/mol. The number of aromatic nitrogens is 2. The molecule has 4 rings (SSSR count). The maximum atomic E-state index is 4.87. The second-order valence-electron chi connectivity index (χ2n) is 5.62. The smallest absolute Gasteiger partial charge is 0.0713 e. The van der Waals surface area contributed by atoms with E-state index < -0.39 is 0 Å². The fraction of sp³-hybridized carbons (Fsp3) is 0.353. The van der Waals surface area contributed by atoms with Crippen molar-refractivity contribution in [2.24, 2.45) is 0 Å². The van der Waals surface area contributed by atoms with Crippen molar-refractivity contribution < 1.29 is 0 Å². The van der Waals surface area contributed by atoms with E-state index in [0.29, 0.717) is 0 Å². The van der Waals surface area contributed by atoms with Gasteiger partial charge in [0.1, 0.15) is 0 Å². The van der Waals surface area contributed by atoms with Crippen LogP contribution in [0.4, 0.5) is 0 Å². The van der Waals surface area contributed by atoms with Gasteiger partial charge in [0, 0.05) is 28.5 Å². The molecule has 2 aromatic heterocycles. The summed E-state index contributed by atoms with van der Waals surface area (Å²) in [4.78, 5) is 4.87. The van der Waals surface area contributed by atoms with Crippen LogP contribution in [0.3, 0.4) is 0 Å². The predicted octanol–water partition coefficient (Wildman–Crippen LogP) is 4.14. The summed E-state index contributed by atoms with van der Waals surface area (Å²) in [6, 6.07) is 8.79. The summed E-state index contributed by atoms with van der Waals surface area (Å²) in [6.45, 7) is 5.48. The van der Waals surface area contributed by atoms with Crippen molar-refractivity contribution in [3.8, 4) is 0 Å². The number of hydrogen-bond acceptors (Lipinski definition) is 1. The molecular formula is C17H18N2. The van der Waals surface area contributed by atoms with Gasteiger partial charge in [-0.25, -0.2) is 0 Å². The lowest BCUT2D eigenvalue weighted by Gasteiger charge is -2.08. The molecule has 0 saturated heterocycles. The Bertz CT molecular complexity index is 796. The second kappa shape index (κ2) is 3.83. The number of fused-ring (bicyclic) bond motifs is 3. The summed E-state index contributed by atoms with van der Waals surface area (Å²) in [7, 11) is 0. The van der Waals surface area contributed by atoms with Gasteiger partial charge >= 0.3 is 0 Å². The molecule has 1 aliphatic rings. The van der Waals surface area contributed by atoms with Crippen LogP contribution >= 0.6 is 0 Å². The van der Waals surface area contributed by atoms with Crippen LogP contribution < -0.4 is 0 Å². The van der Waals surface area contributed by atoms with E-state index in [1.165, 1.54) is 51.6 Å². The number of nitrogens with zero attached hydrogens (tertiary/aromatic N) is 2. The first-order valence-corrected chi connectivity index (χ1v) is 7.14. The lowest BCUT2D eigenvalue weighted by Crippen LogP contribution is -1.99. The first-order valence-electron chi connectivity index (χ1n) is 7.14. The first kappa shape index (κ1) is 11.0. The van der Waals surface area contributed by atoms with Gasteiger partial charge in [0.15, 0.2) is 0 Å². The molecule has 0 amide bonds. The SMILES string of the molecule is Cc1nc2c3c(c1C)c1ccccc1n3CCCC2. The number of pyridine rings is 1. The first-order chi connectivity index (χ1) is 9.27. The molecule has 0 fully saturated rings. The van der Waals surface area contributed by atoms with Gasteiger partial charge in [-0.3, -0.25) is 4.98 Å². The molecule has 0 spiro atoms. The van der Waals surface area contributed by atoms with Gasteiger partial charge in [0.05, 0.1) is 11.2 Å². The molecule has 1 aromatic carbocycles. The molecule has 1 aliphatic heterocycles. The zero-order chi connectivity index (χ0) is 13.0. The fourth-order valence-corrected chi connectivity index (χ4v) is 3.47. The maximum Gasteiger partial charge on any atom is 0.0713 e. The molecule has 19 heavy (non-hydrogen) atoms. The molecule has 0 saturated carbocycles. The highest BCUT2D eigenvalue weighted by Crippen LogP contribution is 2.35. The highest BCUT2D eigenvalue weighted by Gasteiger charge is 2.19. The van der Waals surface area contributed by atoms with Crippen LogP contribution in [0.1, 0.15) is 29.8 Å². The summed E-state index contributed by atoms with van der Waals surface area (Å²) < 4.78 is 2.49. The van der Waals surface area contributed by atoms with Crippen molar-refractivity contribution >= 4 is 21.8 Å². The molecule has 0 bridgehead atoms. The van der Waals surface area contributed by atoms with E-state index in [1.807, 2.05) is 0 Å². The van der Waals surface area contributed by atoms with Crippen molar-refractivity contribution in [2.45, 2.75) is 39.7 Å². The van der Waals surface area contributed by atoms with E-state index in [-0.39, 0.29) is 0 Å². The van der Waals surface area contributed by atoms with Crippen molar-refractivity contribution in [3.63, 3.8) is 0 Å². The highest BCUT2D eigenvalue weighted by molar-refractivity contribution is 6.10. The Morgan fingerprint density at radius 3 is 2.84 bits per heavy atom. The molecule has 0 N–H and O–H groups in total. The van der Waals surface area contributed by atoms with Crippen molar-refractivity contribution in [2.75, 3.05) is 0 Å². The van der Waals surface area contributed by atoms with Crippen molar-refractivity contribution in [3.05, 3.63) is 41.2 Å². The minimum atomic E-state index is 1.12. The summed E-state index contributed by atoms with van der Waals surface area (Å²) in [5.41, 5.74) is 6.59. The van der Waals surface area contributed by atoms with Gasteiger partial charge in [0.2, 0.25) is 0 Å². The quantitative estimate of drug-likeness (QED) is 0.586. The molecular weight excluding hydrogens is 232 g/mol. The molecule has 96 valence electrons. The Hall–Kier alpha value is -1.83. The summed E-state index contributed by atoms with van der Waals surface area (Å²) >= 11 is 0. The molecule has 3 heterocycles. The Morgan fingerprint density at radius 2 is 1.95 bits per heavy atom. The number of para-hydroxylation sites is 1. The molecule has 0 unspecified atom stereocenters. The number of rotatable bonds is 0. The summed E-state index contributed by atoms with van der Waals surface area (Å²) in [6.07, 6.45) is 3.62. The van der Waals surface area contributed by atoms with Crippen LogP contribution in [0, 0.1) is 13.8 Å². The molecule has 2 heteroatoms. The van der Waals surface area contributed by atoms with Crippen LogP contribution in [0.25, 0.3) is 21.8 Å². The molecule has 0 aliphatic carbocycles. The van der Waals surface area contributed by atoms with Gasteiger partial charge in [-0.15, -0.1) is 0 Å². The zero-order valence-corrected chi connectivity index (χ0v) is 11.5. The van der Waals surface area contributed by atoms with Crippen LogP contribution in [0.15, 0.2) is 24.3 Å². The number of hydrogen-bond donors (Lipinski definition) is 0. The van der Waals surface area contributed by atoms with Crippen molar-refractivity contribution in [1.29, 1.82) is 0 Å². The summed E-state index contributed by atoms with van der Waals surface area (Å²) in [5, 5.41) is 2.82. The Labute approximate surface area is 113 Å². The van der Waals surface area contributed by atoms with Gasteiger partial charge in [0.25, 0.3) is 0 Å². The number of benzene rings is 1. The van der Waals surface area contributed by atoms with E-state index in [0.717, 1.165) is 13.0 Å². The zero-order valence-electron chi connectivity index (χ0n) is 11.5. The number of aryl methyl sites for hydroxylation is 4.